The molecule has 0 spiro atoms. The average Bonchev–Trinajstić information content (AvgIpc) is 3.95. The summed E-state index contributed by atoms with van der Waals surface area (Å²) in [6.45, 7) is 0. The second-order valence-corrected chi connectivity index (χ2v) is 14.4. The summed E-state index contributed by atoms with van der Waals surface area (Å²) in [7, 11) is 0. The van der Waals surface area contributed by atoms with Gasteiger partial charge in [-0.3, -0.25) is 0 Å². The molecule has 0 atom stereocenters. The van der Waals surface area contributed by atoms with E-state index in [1.807, 2.05) is 48.5 Å². The van der Waals surface area contributed by atoms with Crippen molar-refractivity contribution in [1.29, 1.82) is 0 Å². The third kappa shape index (κ3) is 4.34. The summed E-state index contributed by atoms with van der Waals surface area (Å²) in [5, 5.41) is 3.74. The Labute approximate surface area is 311 Å². The van der Waals surface area contributed by atoms with Gasteiger partial charge in [-0.1, -0.05) is 109 Å². The van der Waals surface area contributed by atoms with Crippen LogP contribution in [0.25, 0.3) is 89.7 Å². The predicted molar refractivity (Wildman–Crippen MR) is 215 cm³/mol. The zero-order valence-electron chi connectivity index (χ0n) is 28.3. The summed E-state index contributed by atoms with van der Waals surface area (Å²) >= 11 is 1.79. The van der Waals surface area contributed by atoms with Crippen molar-refractivity contribution in [2.24, 2.45) is 0 Å². The number of aromatic nitrogens is 8. The molecule has 252 valence electrons. The number of nitrogens with one attached hydrogen (secondary N) is 2. The average molecular weight is 712 g/mol. The van der Waals surface area contributed by atoms with Crippen LogP contribution in [0.5, 0.6) is 0 Å². The van der Waals surface area contributed by atoms with Crippen molar-refractivity contribution in [2.75, 3.05) is 4.90 Å². The Hall–Kier alpha value is -7.17. The first-order valence-corrected chi connectivity index (χ1v) is 18.5. The number of hydrogen-bond donors (Lipinski definition) is 2. The molecule has 0 radical (unpaired) electrons. The van der Waals surface area contributed by atoms with Gasteiger partial charge in [0.25, 0.3) is 0 Å². The van der Waals surface area contributed by atoms with Gasteiger partial charge in [-0.15, -0.1) is 0 Å². The molecule has 0 aliphatic carbocycles. The zero-order chi connectivity index (χ0) is 35.3. The first-order chi connectivity index (χ1) is 26.7. The Kier molecular flexibility index (Phi) is 6.08. The zero-order valence-corrected chi connectivity index (χ0v) is 29.1. The minimum Gasteiger partial charge on any atom is -0.324 e. The van der Waals surface area contributed by atoms with Gasteiger partial charge < -0.3 is 14.9 Å². The van der Waals surface area contributed by atoms with E-state index in [4.69, 9.17) is 29.9 Å². The summed E-state index contributed by atoms with van der Waals surface area (Å²) in [4.78, 5) is 42.6. The summed E-state index contributed by atoms with van der Waals surface area (Å²) in [5.74, 6) is 2.29. The van der Waals surface area contributed by atoms with Crippen LogP contribution in [0.3, 0.4) is 0 Å². The van der Waals surface area contributed by atoms with Gasteiger partial charge in [0.05, 0.1) is 11.4 Å². The smallest absolute Gasteiger partial charge is 0.164 e. The molecule has 0 saturated heterocycles. The minimum atomic E-state index is 0.559. The molecule has 0 fully saturated rings. The number of para-hydroxylation sites is 2. The standard InChI is InChI=1S/C44H25N9S/c1-2-12-26-25(11-1)37-45-38(26)47-40-29-15-5-6-16-30(29)42(49-40)51-44-32-23-24(53-33-17-7-9-19-35(33)54-36-20-10-8-18-34(36)53)21-22-31(32)43(52-44)50-41-28-14-4-3-13-27(28)39(46-37)48-41/h1-23H,(H2,45,46,47,48,49,50,51,52). The third-order valence-corrected chi connectivity index (χ3v) is 11.4. The molecule has 12 rings (SSSR count). The summed E-state index contributed by atoms with van der Waals surface area (Å²) < 4.78 is 0. The fourth-order valence-corrected chi connectivity index (χ4v) is 8.81. The second-order valence-electron chi connectivity index (χ2n) is 13.3. The first-order valence-electron chi connectivity index (χ1n) is 17.6. The molecule has 9 aromatic rings. The lowest BCUT2D eigenvalue weighted by molar-refractivity contribution is 1.17. The Morgan fingerprint density at radius 3 is 1.24 bits per heavy atom. The highest BCUT2D eigenvalue weighted by atomic mass is 32.2. The van der Waals surface area contributed by atoms with Gasteiger partial charge in [0, 0.05) is 59.3 Å². The van der Waals surface area contributed by atoms with E-state index >= 15 is 0 Å². The summed E-state index contributed by atoms with van der Waals surface area (Å²) in [6, 6.07) is 47.9. The van der Waals surface area contributed by atoms with Gasteiger partial charge in [-0.05, 0) is 42.5 Å². The van der Waals surface area contributed by atoms with Crippen LogP contribution in [0, 0.1) is 0 Å². The minimum absolute atomic E-state index is 0.559. The molecule has 0 saturated carbocycles. The molecule has 3 aliphatic heterocycles. The van der Waals surface area contributed by atoms with Gasteiger partial charge in [0.15, 0.2) is 23.3 Å². The molecule has 8 bridgehead atoms. The molecule has 3 aromatic heterocycles. The van der Waals surface area contributed by atoms with E-state index in [0.717, 1.165) is 60.9 Å². The molecule has 6 aromatic carbocycles. The van der Waals surface area contributed by atoms with Crippen LogP contribution in [-0.2, 0) is 0 Å². The topological polar surface area (TPSA) is 112 Å². The van der Waals surface area contributed by atoms with E-state index in [-0.39, 0.29) is 0 Å². The molecular formula is C44H25N9S. The van der Waals surface area contributed by atoms with Crippen molar-refractivity contribution in [3.05, 3.63) is 140 Å². The van der Waals surface area contributed by atoms with Crippen LogP contribution in [0.4, 0.5) is 17.1 Å². The second kappa shape index (κ2) is 11.2. The van der Waals surface area contributed by atoms with E-state index in [9.17, 15) is 0 Å². The van der Waals surface area contributed by atoms with Crippen molar-refractivity contribution in [1.82, 2.24) is 39.9 Å². The lowest BCUT2D eigenvalue weighted by atomic mass is 10.1. The van der Waals surface area contributed by atoms with E-state index < -0.39 is 0 Å². The number of nitrogens with zero attached hydrogens (tertiary/aromatic N) is 7. The van der Waals surface area contributed by atoms with Crippen molar-refractivity contribution in [2.45, 2.75) is 9.79 Å². The van der Waals surface area contributed by atoms with Gasteiger partial charge in [0.1, 0.15) is 22.6 Å². The summed E-state index contributed by atoms with van der Waals surface area (Å²) in [6.07, 6.45) is 0. The molecule has 6 heterocycles. The number of benzene rings is 6. The van der Waals surface area contributed by atoms with Gasteiger partial charge >= 0.3 is 0 Å². The van der Waals surface area contributed by atoms with Gasteiger partial charge in [-0.2, -0.15) is 0 Å². The van der Waals surface area contributed by atoms with Crippen molar-refractivity contribution >= 4 is 73.0 Å². The maximum atomic E-state index is 5.27. The van der Waals surface area contributed by atoms with Crippen LogP contribution < -0.4 is 4.90 Å². The van der Waals surface area contributed by atoms with Crippen LogP contribution in [-0.4, -0.2) is 39.9 Å². The number of fused-ring (bicyclic) bond motifs is 22. The van der Waals surface area contributed by atoms with Crippen LogP contribution in [0.2, 0.25) is 0 Å². The van der Waals surface area contributed by atoms with E-state index in [2.05, 4.69) is 106 Å². The number of rotatable bonds is 1. The Morgan fingerprint density at radius 2 is 0.759 bits per heavy atom. The number of aromatic amines is 2. The van der Waals surface area contributed by atoms with E-state index in [1.165, 1.54) is 9.79 Å². The Morgan fingerprint density at radius 1 is 0.370 bits per heavy atom. The van der Waals surface area contributed by atoms with Crippen molar-refractivity contribution < 1.29 is 0 Å². The number of H-pyrrole nitrogens is 2. The highest BCUT2D eigenvalue weighted by Gasteiger charge is 2.28. The highest BCUT2D eigenvalue weighted by Crippen LogP contribution is 2.52. The molecule has 3 aliphatic rings. The van der Waals surface area contributed by atoms with Crippen molar-refractivity contribution in [3.8, 4) is 45.6 Å². The maximum absolute atomic E-state index is 5.27. The SMILES string of the molecule is c1ccc2c(c1)Sc1ccccc1N2c1ccc2c(c1)-c1nc-2nc2[nH]c(nc3nc(nc4[nH]c(n1)c1ccccc41)-c1ccccc1-3)c1ccccc21. The fraction of sp³-hybridized carbons (Fsp3) is 0. The lowest BCUT2D eigenvalue weighted by Gasteiger charge is -2.33. The van der Waals surface area contributed by atoms with Crippen LogP contribution in [0.15, 0.2) is 149 Å². The molecule has 0 unspecified atom stereocenters. The predicted octanol–water partition coefficient (Wildman–Crippen LogP) is 10.8. The Balaban J connectivity index is 1.18. The third-order valence-electron chi connectivity index (χ3n) is 10.2. The largest absolute Gasteiger partial charge is 0.324 e. The molecule has 54 heavy (non-hydrogen) atoms. The van der Waals surface area contributed by atoms with Crippen molar-refractivity contribution in [3.63, 3.8) is 0 Å². The molecule has 0 amide bonds. The molecule has 2 N–H and O–H groups in total. The molecular weight excluding hydrogens is 687 g/mol. The van der Waals surface area contributed by atoms with Crippen LogP contribution in [0.1, 0.15) is 0 Å². The van der Waals surface area contributed by atoms with E-state index in [1.54, 1.807) is 11.8 Å². The number of hydrogen-bond acceptors (Lipinski definition) is 8. The van der Waals surface area contributed by atoms with Crippen LogP contribution >= 0.6 is 11.8 Å². The Bertz CT molecular complexity index is 3190. The quantitative estimate of drug-likeness (QED) is 0.173. The summed E-state index contributed by atoms with van der Waals surface area (Å²) in [5.41, 5.74) is 9.52. The number of anilines is 3. The fourth-order valence-electron chi connectivity index (χ4n) is 7.75. The normalized spacial score (nSPS) is 12.7. The maximum Gasteiger partial charge on any atom is 0.164 e. The lowest BCUT2D eigenvalue weighted by Crippen LogP contribution is -2.14. The van der Waals surface area contributed by atoms with E-state index in [0.29, 0.717) is 45.9 Å². The molecule has 9 nitrogen and oxygen atoms in total. The highest BCUT2D eigenvalue weighted by molar-refractivity contribution is 7.99. The van der Waals surface area contributed by atoms with Gasteiger partial charge in [0.2, 0.25) is 0 Å². The van der Waals surface area contributed by atoms with Gasteiger partial charge in [-0.25, -0.2) is 29.9 Å². The molecule has 10 heteroatoms. The first kappa shape index (κ1) is 29.4. The monoisotopic (exact) mass is 711 g/mol.